The molecule has 1 saturated heterocycles. The summed E-state index contributed by atoms with van der Waals surface area (Å²) in [5.41, 5.74) is 2.84. The molecule has 5 rings (SSSR count). The van der Waals surface area contributed by atoms with E-state index in [1.54, 1.807) is 18.3 Å². The highest BCUT2D eigenvalue weighted by molar-refractivity contribution is 7.90. The molecule has 0 bridgehead atoms. The Morgan fingerprint density at radius 1 is 0.972 bits per heavy atom. The van der Waals surface area contributed by atoms with Gasteiger partial charge in [-0.05, 0) is 92.5 Å². The summed E-state index contributed by atoms with van der Waals surface area (Å²) in [5.74, 6) is -0.357. The molecular formula is C28H28FN3O3S. The topological polar surface area (TPSA) is 71.4 Å². The van der Waals surface area contributed by atoms with Crippen LogP contribution in [0.25, 0.3) is 10.9 Å². The first kappa shape index (κ1) is 24.2. The summed E-state index contributed by atoms with van der Waals surface area (Å²) in [5, 5.41) is 3.74. The number of aromatic nitrogens is 1. The minimum Gasteiger partial charge on any atom is -0.348 e. The van der Waals surface area contributed by atoms with Gasteiger partial charge >= 0.3 is 0 Å². The predicted octanol–water partition coefficient (Wildman–Crippen LogP) is 4.76. The Morgan fingerprint density at radius 3 is 2.33 bits per heavy atom. The van der Waals surface area contributed by atoms with Crippen LogP contribution in [0.15, 0.2) is 83.9 Å². The maximum Gasteiger partial charge on any atom is 0.268 e. The van der Waals surface area contributed by atoms with Crippen molar-refractivity contribution in [3.05, 3.63) is 102 Å². The predicted molar refractivity (Wildman–Crippen MR) is 138 cm³/mol. The third-order valence-electron chi connectivity index (χ3n) is 6.91. The number of hydrogen-bond acceptors (Lipinski definition) is 4. The Kier molecular flexibility index (Phi) is 6.64. The minimum atomic E-state index is -3.86. The van der Waals surface area contributed by atoms with E-state index in [2.05, 4.69) is 17.3 Å². The number of para-hydroxylation sites is 1. The van der Waals surface area contributed by atoms with E-state index in [0.29, 0.717) is 17.0 Å². The minimum absolute atomic E-state index is 0.119. The van der Waals surface area contributed by atoms with Gasteiger partial charge in [0.2, 0.25) is 0 Å². The lowest BCUT2D eigenvalue weighted by atomic mass is 9.89. The fourth-order valence-electron chi connectivity index (χ4n) is 4.80. The number of carbonyl (C=O) groups is 1. The number of benzene rings is 3. The molecular weight excluding hydrogens is 477 g/mol. The largest absolute Gasteiger partial charge is 0.348 e. The average molecular weight is 506 g/mol. The second kappa shape index (κ2) is 9.87. The number of hydrogen-bond donors (Lipinski definition) is 1. The quantitative estimate of drug-likeness (QED) is 0.410. The lowest BCUT2D eigenvalue weighted by Gasteiger charge is -2.28. The van der Waals surface area contributed by atoms with Crippen LogP contribution in [-0.4, -0.2) is 43.3 Å². The van der Waals surface area contributed by atoms with Crippen molar-refractivity contribution in [1.29, 1.82) is 0 Å². The number of halogens is 1. The van der Waals surface area contributed by atoms with Crippen molar-refractivity contribution in [3.8, 4) is 0 Å². The zero-order valence-electron chi connectivity index (χ0n) is 20.0. The average Bonchev–Trinajstić information content (AvgIpc) is 3.29. The van der Waals surface area contributed by atoms with E-state index in [-0.39, 0.29) is 23.2 Å². The number of amides is 1. The van der Waals surface area contributed by atoms with E-state index in [1.165, 1.54) is 40.4 Å². The van der Waals surface area contributed by atoms with Crippen molar-refractivity contribution < 1.29 is 17.6 Å². The van der Waals surface area contributed by atoms with Gasteiger partial charge < -0.3 is 10.2 Å². The molecule has 0 unspecified atom stereocenters. The zero-order chi connectivity index (χ0) is 25.3. The molecule has 1 aliphatic rings. The van der Waals surface area contributed by atoms with E-state index in [9.17, 15) is 17.6 Å². The molecule has 0 spiro atoms. The zero-order valence-corrected chi connectivity index (χ0v) is 20.8. The van der Waals surface area contributed by atoms with Crippen molar-refractivity contribution >= 4 is 26.8 Å². The van der Waals surface area contributed by atoms with Crippen LogP contribution in [0.4, 0.5) is 4.39 Å². The number of nitrogens with zero attached hydrogens (tertiary/aromatic N) is 2. The molecule has 2 heterocycles. The summed E-state index contributed by atoms with van der Waals surface area (Å²) in [4.78, 5) is 15.0. The van der Waals surface area contributed by atoms with Gasteiger partial charge in [0.25, 0.3) is 15.9 Å². The van der Waals surface area contributed by atoms with Crippen LogP contribution in [0, 0.1) is 5.82 Å². The van der Waals surface area contributed by atoms with Crippen LogP contribution in [0.5, 0.6) is 0 Å². The molecule has 0 aliphatic carbocycles. The van der Waals surface area contributed by atoms with Crippen molar-refractivity contribution in [1.82, 2.24) is 14.2 Å². The van der Waals surface area contributed by atoms with Crippen LogP contribution in [0.1, 0.15) is 40.2 Å². The molecule has 36 heavy (non-hydrogen) atoms. The standard InChI is InChI=1S/C28H28FN3O3S/c1-31-16-14-21(15-17-31)26-19-32(27-5-3-2-4-25(26)27)36(34,35)24-12-8-22(9-13-24)28(33)30-18-20-6-10-23(29)11-7-20/h2-13,19,21H,14-18H2,1H3,(H,30,33). The van der Waals surface area contributed by atoms with Gasteiger partial charge in [0, 0.05) is 23.7 Å². The first-order chi connectivity index (χ1) is 17.3. The molecule has 1 aromatic heterocycles. The summed E-state index contributed by atoms with van der Waals surface area (Å²) in [7, 11) is -1.75. The highest BCUT2D eigenvalue weighted by Crippen LogP contribution is 2.35. The molecule has 1 aliphatic heterocycles. The van der Waals surface area contributed by atoms with Gasteiger partial charge in [0.1, 0.15) is 5.82 Å². The van der Waals surface area contributed by atoms with Crippen molar-refractivity contribution in [2.75, 3.05) is 20.1 Å². The first-order valence-corrected chi connectivity index (χ1v) is 13.4. The molecule has 1 fully saturated rings. The third-order valence-corrected chi connectivity index (χ3v) is 8.59. The molecule has 0 atom stereocenters. The number of rotatable bonds is 6. The summed E-state index contributed by atoms with van der Waals surface area (Å²) >= 11 is 0. The lowest BCUT2D eigenvalue weighted by Crippen LogP contribution is -2.29. The number of carbonyl (C=O) groups excluding carboxylic acids is 1. The van der Waals surface area contributed by atoms with Crippen LogP contribution < -0.4 is 5.32 Å². The highest BCUT2D eigenvalue weighted by atomic mass is 32.2. The van der Waals surface area contributed by atoms with E-state index in [1.807, 2.05) is 24.3 Å². The Morgan fingerprint density at radius 2 is 1.64 bits per heavy atom. The smallest absolute Gasteiger partial charge is 0.268 e. The molecule has 4 aromatic rings. The number of nitrogens with one attached hydrogen (secondary N) is 1. The number of fused-ring (bicyclic) bond motifs is 1. The second-order valence-electron chi connectivity index (χ2n) is 9.31. The fraction of sp³-hybridized carbons (Fsp3) is 0.250. The van der Waals surface area contributed by atoms with Gasteiger partial charge in [-0.1, -0.05) is 30.3 Å². The van der Waals surface area contributed by atoms with Crippen molar-refractivity contribution in [2.45, 2.75) is 30.2 Å². The summed E-state index contributed by atoms with van der Waals surface area (Å²) in [6, 6.07) is 19.4. The number of piperidine rings is 1. The molecule has 0 radical (unpaired) electrons. The van der Waals surface area contributed by atoms with Gasteiger partial charge in [-0.25, -0.2) is 16.8 Å². The summed E-state index contributed by atoms with van der Waals surface area (Å²) < 4.78 is 41.7. The van der Waals surface area contributed by atoms with Crippen molar-refractivity contribution in [3.63, 3.8) is 0 Å². The first-order valence-electron chi connectivity index (χ1n) is 12.0. The van der Waals surface area contributed by atoms with Crippen LogP contribution in [0.2, 0.25) is 0 Å². The van der Waals surface area contributed by atoms with Gasteiger partial charge in [0.15, 0.2) is 0 Å². The van der Waals surface area contributed by atoms with E-state index >= 15 is 0 Å². The molecule has 0 saturated carbocycles. The van der Waals surface area contributed by atoms with Gasteiger partial charge in [-0.2, -0.15) is 0 Å². The summed E-state index contributed by atoms with van der Waals surface area (Å²) in [6.45, 7) is 2.22. The van der Waals surface area contributed by atoms with E-state index in [0.717, 1.165) is 42.4 Å². The van der Waals surface area contributed by atoms with Crippen LogP contribution >= 0.6 is 0 Å². The molecule has 6 nitrogen and oxygen atoms in total. The molecule has 186 valence electrons. The normalized spacial score (nSPS) is 15.3. The van der Waals surface area contributed by atoms with Gasteiger partial charge in [-0.3, -0.25) is 4.79 Å². The molecule has 1 N–H and O–H groups in total. The van der Waals surface area contributed by atoms with Gasteiger partial charge in [0.05, 0.1) is 10.4 Å². The van der Waals surface area contributed by atoms with E-state index < -0.39 is 10.0 Å². The second-order valence-corrected chi connectivity index (χ2v) is 11.1. The Balaban J connectivity index is 1.38. The van der Waals surface area contributed by atoms with Crippen molar-refractivity contribution in [2.24, 2.45) is 0 Å². The molecule has 3 aromatic carbocycles. The maximum absolute atomic E-state index is 13.6. The monoisotopic (exact) mass is 505 g/mol. The third kappa shape index (κ3) is 4.79. The number of likely N-dealkylation sites (tertiary alicyclic amines) is 1. The highest BCUT2D eigenvalue weighted by Gasteiger charge is 2.26. The van der Waals surface area contributed by atoms with Crippen LogP contribution in [-0.2, 0) is 16.6 Å². The Bertz CT molecular complexity index is 1490. The Hall–Kier alpha value is -3.49. The Labute approximate surface area is 210 Å². The van der Waals surface area contributed by atoms with E-state index in [4.69, 9.17) is 0 Å². The molecule has 1 amide bonds. The molecule has 8 heteroatoms. The maximum atomic E-state index is 13.6. The van der Waals surface area contributed by atoms with Gasteiger partial charge in [-0.15, -0.1) is 0 Å². The van der Waals surface area contributed by atoms with Crippen LogP contribution in [0.3, 0.4) is 0 Å². The fourth-order valence-corrected chi connectivity index (χ4v) is 6.18. The summed E-state index contributed by atoms with van der Waals surface area (Å²) in [6.07, 6.45) is 3.76. The lowest BCUT2D eigenvalue weighted by molar-refractivity contribution is 0.0951. The SMILES string of the molecule is CN1CCC(c2cn(S(=O)(=O)c3ccc(C(=O)NCc4ccc(F)cc4)cc3)c3ccccc23)CC1.